The smallest absolute Gasteiger partial charge is 0.321 e. The molecule has 28 heavy (non-hydrogen) atoms. The van der Waals surface area contributed by atoms with Crippen molar-refractivity contribution in [1.29, 1.82) is 0 Å². The summed E-state index contributed by atoms with van der Waals surface area (Å²) >= 11 is 0. The van der Waals surface area contributed by atoms with Gasteiger partial charge in [-0.05, 0) is 49.2 Å². The Morgan fingerprint density at radius 2 is 1.50 bits per heavy atom. The largest absolute Gasteiger partial charge is 0.325 e. The maximum atomic E-state index is 13.8. The number of hydrogen-bond acceptors (Lipinski definition) is 3. The van der Waals surface area contributed by atoms with E-state index in [9.17, 15) is 22.0 Å². The van der Waals surface area contributed by atoms with Gasteiger partial charge < -0.3 is 10.2 Å². The minimum atomic E-state index is -4.21. The zero-order valence-corrected chi connectivity index (χ0v) is 15.9. The maximum Gasteiger partial charge on any atom is 0.321 e. The average molecular weight is 409 g/mol. The van der Waals surface area contributed by atoms with E-state index in [1.807, 2.05) is 0 Å². The third kappa shape index (κ3) is 4.98. The van der Waals surface area contributed by atoms with Crippen molar-refractivity contribution in [3.8, 4) is 0 Å². The molecule has 0 aromatic heterocycles. The Labute approximate surface area is 162 Å². The molecule has 1 saturated heterocycles. The van der Waals surface area contributed by atoms with Crippen LogP contribution in [0.3, 0.4) is 0 Å². The SMILES string of the molecule is O=C(Nc1ccc(NS(=O)(=O)c2ccc(F)cc2F)cc1)N1CCCCCC1. The van der Waals surface area contributed by atoms with Gasteiger partial charge in [-0.1, -0.05) is 12.8 Å². The molecule has 9 heteroatoms. The molecule has 1 heterocycles. The molecule has 6 nitrogen and oxygen atoms in total. The van der Waals surface area contributed by atoms with Crippen LogP contribution in [0.2, 0.25) is 0 Å². The standard InChI is InChI=1S/C19H21F2N3O3S/c20-14-5-10-18(17(21)13-14)28(26,27)23-16-8-6-15(7-9-16)22-19(25)24-11-3-1-2-4-12-24/h5-10,13,23H,1-4,11-12H2,(H,22,25). The van der Waals surface area contributed by atoms with Crippen molar-refractivity contribution in [2.75, 3.05) is 23.1 Å². The summed E-state index contributed by atoms with van der Waals surface area (Å²) in [7, 11) is -4.21. The Kier molecular flexibility index (Phi) is 6.13. The molecular formula is C19H21F2N3O3S. The highest BCUT2D eigenvalue weighted by molar-refractivity contribution is 7.92. The molecule has 1 fully saturated rings. The lowest BCUT2D eigenvalue weighted by molar-refractivity contribution is 0.214. The molecule has 0 bridgehead atoms. The molecular weight excluding hydrogens is 388 g/mol. The molecule has 0 radical (unpaired) electrons. The second-order valence-electron chi connectivity index (χ2n) is 6.59. The molecule has 0 aliphatic carbocycles. The highest BCUT2D eigenvalue weighted by Gasteiger charge is 2.20. The van der Waals surface area contributed by atoms with Crippen molar-refractivity contribution in [3.05, 3.63) is 54.1 Å². The first-order valence-corrected chi connectivity index (χ1v) is 10.5. The predicted octanol–water partition coefficient (Wildman–Crippen LogP) is 4.17. The van der Waals surface area contributed by atoms with E-state index in [1.54, 1.807) is 17.0 Å². The summed E-state index contributed by atoms with van der Waals surface area (Å²) in [5.41, 5.74) is 0.710. The third-order valence-corrected chi connectivity index (χ3v) is 5.88. The van der Waals surface area contributed by atoms with Crippen LogP contribution < -0.4 is 10.0 Å². The van der Waals surface area contributed by atoms with E-state index < -0.39 is 26.6 Å². The number of anilines is 2. The van der Waals surface area contributed by atoms with E-state index in [0.717, 1.165) is 37.8 Å². The summed E-state index contributed by atoms with van der Waals surface area (Å²) in [5, 5.41) is 2.78. The fourth-order valence-corrected chi connectivity index (χ4v) is 4.12. The van der Waals surface area contributed by atoms with Crippen LogP contribution in [-0.2, 0) is 10.0 Å². The predicted molar refractivity (Wildman–Crippen MR) is 103 cm³/mol. The topological polar surface area (TPSA) is 78.5 Å². The van der Waals surface area contributed by atoms with E-state index >= 15 is 0 Å². The summed E-state index contributed by atoms with van der Waals surface area (Å²) < 4.78 is 53.5. The normalized spacial score (nSPS) is 15.0. The number of carbonyl (C=O) groups excluding carboxylic acids is 1. The molecule has 1 aliphatic rings. The Hall–Kier alpha value is -2.68. The lowest BCUT2D eigenvalue weighted by atomic mass is 10.2. The van der Waals surface area contributed by atoms with E-state index in [4.69, 9.17) is 0 Å². The molecule has 0 saturated carbocycles. The fourth-order valence-electron chi connectivity index (χ4n) is 3.00. The second kappa shape index (κ2) is 8.55. The zero-order valence-electron chi connectivity index (χ0n) is 15.1. The summed E-state index contributed by atoms with van der Waals surface area (Å²) in [6.45, 7) is 1.43. The lowest BCUT2D eigenvalue weighted by Gasteiger charge is -2.20. The van der Waals surface area contributed by atoms with Gasteiger partial charge in [0.05, 0.1) is 0 Å². The van der Waals surface area contributed by atoms with Crippen LogP contribution in [0.25, 0.3) is 0 Å². The van der Waals surface area contributed by atoms with Gasteiger partial charge in [0, 0.05) is 30.5 Å². The molecule has 1 aliphatic heterocycles. The minimum absolute atomic E-state index is 0.191. The molecule has 2 N–H and O–H groups in total. The molecule has 3 rings (SSSR count). The molecule has 2 aromatic carbocycles. The van der Waals surface area contributed by atoms with Crippen LogP contribution in [0.1, 0.15) is 25.7 Å². The zero-order chi connectivity index (χ0) is 20.1. The number of nitrogens with one attached hydrogen (secondary N) is 2. The van der Waals surface area contributed by atoms with Crippen molar-refractivity contribution in [1.82, 2.24) is 4.90 Å². The number of hydrogen-bond donors (Lipinski definition) is 2. The van der Waals surface area contributed by atoms with Crippen LogP contribution in [0.5, 0.6) is 0 Å². The van der Waals surface area contributed by atoms with Gasteiger partial charge in [0.2, 0.25) is 0 Å². The first kappa shape index (κ1) is 20.1. The van der Waals surface area contributed by atoms with E-state index in [2.05, 4.69) is 10.0 Å². The number of carbonyl (C=O) groups is 1. The third-order valence-electron chi connectivity index (χ3n) is 4.47. The van der Waals surface area contributed by atoms with Crippen molar-refractivity contribution in [2.24, 2.45) is 0 Å². The van der Waals surface area contributed by atoms with Gasteiger partial charge in [0.1, 0.15) is 16.5 Å². The molecule has 2 aromatic rings. The number of benzene rings is 2. The van der Waals surface area contributed by atoms with Gasteiger partial charge in [-0.3, -0.25) is 4.72 Å². The average Bonchev–Trinajstić information content (AvgIpc) is 2.92. The van der Waals surface area contributed by atoms with Crippen molar-refractivity contribution in [3.63, 3.8) is 0 Å². The monoisotopic (exact) mass is 409 g/mol. The van der Waals surface area contributed by atoms with Crippen LogP contribution >= 0.6 is 0 Å². The van der Waals surface area contributed by atoms with Gasteiger partial charge in [0.15, 0.2) is 0 Å². The Balaban J connectivity index is 1.66. The highest BCUT2D eigenvalue weighted by Crippen LogP contribution is 2.21. The second-order valence-corrected chi connectivity index (χ2v) is 8.24. The van der Waals surface area contributed by atoms with Crippen LogP contribution in [0.15, 0.2) is 47.4 Å². The van der Waals surface area contributed by atoms with Crippen molar-refractivity contribution >= 4 is 27.4 Å². The van der Waals surface area contributed by atoms with Crippen LogP contribution in [0.4, 0.5) is 25.0 Å². The van der Waals surface area contributed by atoms with Gasteiger partial charge in [-0.25, -0.2) is 22.0 Å². The highest BCUT2D eigenvalue weighted by atomic mass is 32.2. The first-order chi connectivity index (χ1) is 13.3. The number of amides is 2. The number of sulfonamides is 1. The summed E-state index contributed by atoms with van der Waals surface area (Å²) in [6, 6.07) is 8.07. The minimum Gasteiger partial charge on any atom is -0.325 e. The van der Waals surface area contributed by atoms with Crippen molar-refractivity contribution in [2.45, 2.75) is 30.6 Å². The van der Waals surface area contributed by atoms with Crippen molar-refractivity contribution < 1.29 is 22.0 Å². The molecule has 0 atom stereocenters. The maximum absolute atomic E-state index is 13.8. The molecule has 2 amide bonds. The van der Waals surface area contributed by atoms with E-state index in [0.29, 0.717) is 24.8 Å². The number of halogens is 2. The Bertz CT molecular complexity index is 941. The first-order valence-electron chi connectivity index (χ1n) is 8.99. The molecule has 150 valence electrons. The van der Waals surface area contributed by atoms with Crippen LogP contribution in [0, 0.1) is 11.6 Å². The van der Waals surface area contributed by atoms with E-state index in [-0.39, 0.29) is 11.7 Å². The number of urea groups is 1. The quantitative estimate of drug-likeness (QED) is 0.795. The lowest BCUT2D eigenvalue weighted by Crippen LogP contribution is -2.35. The molecule has 0 unspecified atom stereocenters. The summed E-state index contributed by atoms with van der Waals surface area (Å²) in [5.74, 6) is -2.03. The summed E-state index contributed by atoms with van der Waals surface area (Å²) in [6.07, 6.45) is 4.20. The number of nitrogens with zero attached hydrogens (tertiary/aromatic N) is 1. The van der Waals surface area contributed by atoms with Gasteiger partial charge in [-0.2, -0.15) is 0 Å². The molecule has 0 spiro atoms. The Morgan fingerprint density at radius 1 is 0.893 bits per heavy atom. The summed E-state index contributed by atoms with van der Waals surface area (Å²) in [4.78, 5) is 13.4. The van der Waals surface area contributed by atoms with Gasteiger partial charge in [-0.15, -0.1) is 0 Å². The van der Waals surface area contributed by atoms with E-state index in [1.165, 1.54) is 12.1 Å². The number of rotatable bonds is 4. The Morgan fingerprint density at radius 3 is 2.11 bits per heavy atom. The fraction of sp³-hybridized carbons (Fsp3) is 0.316. The van der Waals surface area contributed by atoms with Crippen LogP contribution in [-0.4, -0.2) is 32.4 Å². The van der Waals surface area contributed by atoms with Gasteiger partial charge in [0.25, 0.3) is 10.0 Å². The number of likely N-dealkylation sites (tertiary alicyclic amines) is 1. The van der Waals surface area contributed by atoms with Gasteiger partial charge >= 0.3 is 6.03 Å².